The highest BCUT2D eigenvalue weighted by atomic mass is 127. The summed E-state index contributed by atoms with van der Waals surface area (Å²) in [5.41, 5.74) is 6.50. The van der Waals surface area contributed by atoms with E-state index in [4.69, 9.17) is 25.8 Å². The van der Waals surface area contributed by atoms with Crippen molar-refractivity contribution in [3.8, 4) is 23.1 Å². The highest BCUT2D eigenvalue weighted by Gasteiger charge is 2.20. The van der Waals surface area contributed by atoms with Crippen LogP contribution in [-0.2, 0) is 24.4 Å². The van der Waals surface area contributed by atoms with E-state index in [1.165, 1.54) is 20.3 Å². The van der Waals surface area contributed by atoms with Gasteiger partial charge in [0.2, 0.25) is 11.8 Å². The minimum Gasteiger partial charge on any atom is -0.493 e. The maximum atomic E-state index is 13.0. The Labute approximate surface area is 319 Å². The molecule has 9 heteroatoms. The van der Waals surface area contributed by atoms with Gasteiger partial charge >= 0.3 is 0 Å². The number of benzene rings is 4. The number of hydrogen-bond acceptors (Lipinski definition) is 6. The van der Waals surface area contributed by atoms with Crippen LogP contribution in [0.25, 0.3) is 6.08 Å². The van der Waals surface area contributed by atoms with Gasteiger partial charge in [0, 0.05) is 54.9 Å². The number of carbonyl (C=O) groups excluding carboxylic acids is 1. The number of ether oxygens (including phenoxy) is 3. The molecule has 1 amide bonds. The summed E-state index contributed by atoms with van der Waals surface area (Å²) in [6.07, 6.45) is 5.93. The minimum absolute atomic E-state index is 0.00514. The van der Waals surface area contributed by atoms with Crippen molar-refractivity contribution in [3.63, 3.8) is 0 Å². The van der Waals surface area contributed by atoms with Crippen LogP contribution in [0.4, 0.5) is 0 Å². The molecule has 1 fully saturated rings. The van der Waals surface area contributed by atoms with E-state index in [1.807, 2.05) is 42.2 Å². The lowest BCUT2D eigenvalue weighted by atomic mass is 10.1. The van der Waals surface area contributed by atoms with Gasteiger partial charge in [-0.1, -0.05) is 65.7 Å². The fourth-order valence-corrected chi connectivity index (χ4v) is 6.41. The lowest BCUT2D eigenvalue weighted by Crippen LogP contribution is -2.47. The number of rotatable bonds is 13. The minimum atomic E-state index is -0.00514. The van der Waals surface area contributed by atoms with Crippen LogP contribution in [-0.4, -0.2) is 53.5 Å². The Morgan fingerprint density at radius 1 is 0.824 bits per heavy atom. The van der Waals surface area contributed by atoms with E-state index in [0.29, 0.717) is 48.7 Å². The van der Waals surface area contributed by atoms with Gasteiger partial charge in [-0.05, 0) is 113 Å². The van der Waals surface area contributed by atoms with Crippen LogP contribution >= 0.6 is 34.2 Å². The number of pyridine rings is 1. The molecule has 1 aliphatic rings. The Balaban J connectivity index is 0.931. The number of halogens is 2. The highest BCUT2D eigenvalue weighted by Crippen LogP contribution is 2.34. The quantitative estimate of drug-likeness (QED) is 0.0873. The largest absolute Gasteiger partial charge is 0.493 e. The van der Waals surface area contributed by atoms with Gasteiger partial charge in [-0.2, -0.15) is 0 Å². The SMILES string of the molecule is Cc1ccc(COc2ccc(Oc3c(C)cc(C=CC(=O)N4CCN(Cc5ccc(CCOc6ccc(I)cc6)cc5)CC4)cc3Cl)nc2)cc1. The molecule has 0 saturated carbocycles. The molecule has 0 radical (unpaired) electrons. The molecular formula is C42H41ClIN3O4. The average molecular weight is 814 g/mol. The molecular weight excluding hydrogens is 773 g/mol. The summed E-state index contributed by atoms with van der Waals surface area (Å²) in [5.74, 6) is 2.49. The summed E-state index contributed by atoms with van der Waals surface area (Å²) < 4.78 is 19.0. The Morgan fingerprint density at radius 2 is 1.51 bits per heavy atom. The smallest absolute Gasteiger partial charge is 0.246 e. The molecule has 1 aliphatic heterocycles. The van der Waals surface area contributed by atoms with Gasteiger partial charge in [0.1, 0.15) is 18.1 Å². The topological polar surface area (TPSA) is 64.1 Å². The normalized spacial score (nSPS) is 13.4. The number of aromatic nitrogens is 1. The molecule has 262 valence electrons. The summed E-state index contributed by atoms with van der Waals surface area (Å²) in [4.78, 5) is 21.7. The summed E-state index contributed by atoms with van der Waals surface area (Å²) >= 11 is 8.92. The number of piperazine rings is 1. The van der Waals surface area contributed by atoms with Gasteiger partial charge in [-0.15, -0.1) is 0 Å². The zero-order valence-corrected chi connectivity index (χ0v) is 31.8. The molecule has 2 heterocycles. The molecule has 0 aliphatic carbocycles. The van der Waals surface area contributed by atoms with Crippen molar-refractivity contribution < 1.29 is 19.0 Å². The van der Waals surface area contributed by atoms with E-state index < -0.39 is 0 Å². The van der Waals surface area contributed by atoms with E-state index in [-0.39, 0.29) is 5.91 Å². The van der Waals surface area contributed by atoms with Crippen LogP contribution < -0.4 is 14.2 Å². The Bertz CT molecular complexity index is 1900. The third kappa shape index (κ3) is 10.8. The Kier molecular flexibility index (Phi) is 12.6. The summed E-state index contributed by atoms with van der Waals surface area (Å²) in [5, 5.41) is 0.445. The monoisotopic (exact) mass is 813 g/mol. The van der Waals surface area contributed by atoms with E-state index >= 15 is 0 Å². The van der Waals surface area contributed by atoms with Crippen LogP contribution in [0.15, 0.2) is 109 Å². The fourth-order valence-electron chi connectivity index (χ4n) is 5.74. The number of hydrogen-bond donors (Lipinski definition) is 0. The first-order valence-electron chi connectivity index (χ1n) is 17.1. The first kappa shape index (κ1) is 36.4. The first-order valence-corrected chi connectivity index (χ1v) is 18.5. The molecule has 7 nitrogen and oxygen atoms in total. The molecule has 0 unspecified atom stereocenters. The van der Waals surface area contributed by atoms with Crippen molar-refractivity contribution in [1.29, 1.82) is 0 Å². The van der Waals surface area contributed by atoms with Crippen molar-refractivity contribution in [2.75, 3.05) is 32.8 Å². The highest BCUT2D eigenvalue weighted by molar-refractivity contribution is 14.1. The van der Waals surface area contributed by atoms with Crippen LogP contribution in [0, 0.1) is 17.4 Å². The van der Waals surface area contributed by atoms with Crippen molar-refractivity contribution in [1.82, 2.24) is 14.8 Å². The fraction of sp³-hybridized carbons (Fsp3) is 0.238. The average Bonchev–Trinajstić information content (AvgIpc) is 3.14. The van der Waals surface area contributed by atoms with Gasteiger partial charge in [0.05, 0.1) is 17.8 Å². The molecule has 5 aromatic rings. The third-order valence-electron chi connectivity index (χ3n) is 8.70. The van der Waals surface area contributed by atoms with Crippen LogP contribution in [0.1, 0.15) is 33.4 Å². The van der Waals surface area contributed by atoms with E-state index in [1.54, 1.807) is 24.4 Å². The molecule has 4 aromatic carbocycles. The molecule has 1 saturated heterocycles. The number of nitrogens with zero attached hydrogens (tertiary/aromatic N) is 3. The van der Waals surface area contributed by atoms with Crippen molar-refractivity contribution in [2.45, 2.75) is 33.4 Å². The molecule has 0 bridgehead atoms. The Hall–Kier alpha value is -4.38. The zero-order valence-electron chi connectivity index (χ0n) is 28.9. The zero-order chi connectivity index (χ0) is 35.6. The predicted molar refractivity (Wildman–Crippen MR) is 212 cm³/mol. The second-order valence-electron chi connectivity index (χ2n) is 12.7. The number of aryl methyl sites for hydroxylation is 2. The van der Waals surface area contributed by atoms with Gasteiger partial charge in [0.25, 0.3) is 0 Å². The molecule has 0 atom stereocenters. The van der Waals surface area contributed by atoms with Gasteiger partial charge in [-0.3, -0.25) is 9.69 Å². The molecule has 6 rings (SSSR count). The predicted octanol–water partition coefficient (Wildman–Crippen LogP) is 9.31. The molecule has 1 aromatic heterocycles. The first-order chi connectivity index (χ1) is 24.8. The van der Waals surface area contributed by atoms with Crippen molar-refractivity contribution >= 4 is 46.2 Å². The van der Waals surface area contributed by atoms with Gasteiger partial charge in [0.15, 0.2) is 5.75 Å². The standard InChI is InChI=1S/C42H41ClIN3O4/c1-30-3-5-34(6-4-30)29-50-38-16-17-40(45-27-38)51-42-31(2)25-35(26-39(42)43)11-18-41(48)47-22-20-46(21-23-47)28-33-9-7-32(8-10-33)19-24-49-37-14-12-36(44)13-15-37/h3-18,25-27H,19-24,28-29H2,1-2H3. The summed E-state index contributed by atoms with van der Waals surface area (Å²) in [6.45, 7) is 8.99. The summed E-state index contributed by atoms with van der Waals surface area (Å²) in [6, 6.07) is 32.4. The van der Waals surface area contributed by atoms with Crippen molar-refractivity contribution in [2.24, 2.45) is 0 Å². The Morgan fingerprint density at radius 3 is 2.20 bits per heavy atom. The maximum Gasteiger partial charge on any atom is 0.246 e. The van der Waals surface area contributed by atoms with E-state index in [2.05, 4.69) is 100 Å². The van der Waals surface area contributed by atoms with Crippen LogP contribution in [0.3, 0.4) is 0 Å². The number of carbonyl (C=O) groups is 1. The molecule has 0 N–H and O–H groups in total. The van der Waals surface area contributed by atoms with Crippen molar-refractivity contribution in [3.05, 3.63) is 151 Å². The maximum absolute atomic E-state index is 13.0. The van der Waals surface area contributed by atoms with Crippen LogP contribution in [0.5, 0.6) is 23.1 Å². The second kappa shape index (κ2) is 17.7. The summed E-state index contributed by atoms with van der Waals surface area (Å²) in [7, 11) is 0. The molecule has 0 spiro atoms. The van der Waals surface area contributed by atoms with E-state index in [0.717, 1.165) is 48.5 Å². The van der Waals surface area contributed by atoms with Crippen LogP contribution in [0.2, 0.25) is 5.02 Å². The second-order valence-corrected chi connectivity index (χ2v) is 14.3. The third-order valence-corrected chi connectivity index (χ3v) is 9.70. The molecule has 51 heavy (non-hydrogen) atoms. The van der Waals surface area contributed by atoms with Gasteiger partial charge < -0.3 is 19.1 Å². The lowest BCUT2D eigenvalue weighted by Gasteiger charge is -2.34. The van der Waals surface area contributed by atoms with E-state index in [9.17, 15) is 4.79 Å². The van der Waals surface area contributed by atoms with Gasteiger partial charge in [-0.25, -0.2) is 4.98 Å². The number of amides is 1. The lowest BCUT2D eigenvalue weighted by molar-refractivity contribution is -0.127.